The Balaban J connectivity index is 1.73. The van der Waals surface area contributed by atoms with E-state index in [1.165, 1.54) is 5.56 Å². The lowest BCUT2D eigenvalue weighted by atomic mass is 9.98. The van der Waals surface area contributed by atoms with E-state index in [1.54, 1.807) is 18.6 Å². The fourth-order valence-corrected chi connectivity index (χ4v) is 4.00. The molecule has 0 unspecified atom stereocenters. The second-order valence-electron chi connectivity index (χ2n) is 8.39. The molecule has 1 saturated heterocycles. The predicted molar refractivity (Wildman–Crippen MR) is 126 cm³/mol. The largest absolute Gasteiger partial charge is 0.397 e. The van der Waals surface area contributed by atoms with Crippen molar-refractivity contribution < 1.29 is 0 Å². The number of hydrogen-bond acceptors (Lipinski definition) is 7. The first-order chi connectivity index (χ1) is 14.9. The minimum Gasteiger partial charge on any atom is -0.397 e. The quantitative estimate of drug-likeness (QED) is 0.548. The van der Waals surface area contributed by atoms with Gasteiger partial charge in [-0.1, -0.05) is 19.9 Å². The van der Waals surface area contributed by atoms with Crippen LogP contribution in [0.4, 0.5) is 11.5 Å². The zero-order valence-electron chi connectivity index (χ0n) is 18.0. The average Bonchev–Trinajstić information content (AvgIpc) is 2.79. The van der Waals surface area contributed by atoms with Crippen LogP contribution in [0.2, 0.25) is 0 Å². The fourth-order valence-electron chi connectivity index (χ4n) is 4.00. The monoisotopic (exact) mass is 415 g/mol. The Bertz CT molecular complexity index is 1080. The Labute approximate surface area is 183 Å². The molecule has 0 radical (unpaired) electrons. The number of hydrogen-bond donors (Lipinski definition) is 3. The summed E-state index contributed by atoms with van der Waals surface area (Å²) < 4.78 is 0. The van der Waals surface area contributed by atoms with Crippen LogP contribution >= 0.6 is 0 Å². The number of rotatable bonds is 5. The SMILES string of the molecule is CC(C)c1ccc(C(=N)c2cc(-c3cccnc3)ncc2N)nc1N1CCC[C@H](N)C1. The molecule has 3 aromatic rings. The van der Waals surface area contributed by atoms with Gasteiger partial charge in [-0.3, -0.25) is 15.4 Å². The second kappa shape index (κ2) is 8.81. The lowest BCUT2D eigenvalue weighted by molar-refractivity contribution is 0.501. The van der Waals surface area contributed by atoms with Gasteiger partial charge in [0.2, 0.25) is 0 Å². The molecule has 31 heavy (non-hydrogen) atoms. The van der Waals surface area contributed by atoms with Crippen LogP contribution in [0.25, 0.3) is 11.3 Å². The second-order valence-corrected chi connectivity index (χ2v) is 8.39. The van der Waals surface area contributed by atoms with E-state index in [1.807, 2.05) is 24.3 Å². The Morgan fingerprint density at radius 2 is 2.06 bits per heavy atom. The van der Waals surface area contributed by atoms with Crippen molar-refractivity contribution in [3.63, 3.8) is 0 Å². The Morgan fingerprint density at radius 1 is 1.23 bits per heavy atom. The summed E-state index contributed by atoms with van der Waals surface area (Å²) in [6.45, 7) is 6.04. The van der Waals surface area contributed by atoms with Crippen molar-refractivity contribution in [3.8, 4) is 11.3 Å². The Kier molecular flexibility index (Phi) is 5.95. The molecule has 5 N–H and O–H groups in total. The highest BCUT2D eigenvalue weighted by atomic mass is 15.2. The summed E-state index contributed by atoms with van der Waals surface area (Å²) in [4.78, 5) is 15.8. The Hall–Kier alpha value is -3.32. The molecule has 4 rings (SSSR count). The van der Waals surface area contributed by atoms with E-state index >= 15 is 0 Å². The third-order valence-electron chi connectivity index (χ3n) is 5.70. The lowest BCUT2D eigenvalue weighted by Crippen LogP contribution is -2.43. The normalized spacial score (nSPS) is 16.5. The molecule has 1 atom stereocenters. The zero-order valence-corrected chi connectivity index (χ0v) is 18.0. The molecule has 0 aliphatic carbocycles. The van der Waals surface area contributed by atoms with Gasteiger partial charge in [0.25, 0.3) is 0 Å². The molecule has 0 aromatic carbocycles. The number of pyridine rings is 3. The van der Waals surface area contributed by atoms with Crippen LogP contribution in [0.5, 0.6) is 0 Å². The first kappa shape index (κ1) is 20.9. The van der Waals surface area contributed by atoms with Crippen LogP contribution in [-0.4, -0.2) is 39.8 Å². The number of anilines is 2. The number of nitrogens with zero attached hydrogens (tertiary/aromatic N) is 4. The summed E-state index contributed by atoms with van der Waals surface area (Å²) in [5, 5.41) is 8.87. The predicted octanol–water partition coefficient (Wildman–Crippen LogP) is 3.59. The summed E-state index contributed by atoms with van der Waals surface area (Å²) in [5.74, 6) is 1.25. The van der Waals surface area contributed by atoms with E-state index in [-0.39, 0.29) is 11.8 Å². The van der Waals surface area contributed by atoms with Crippen molar-refractivity contribution in [2.24, 2.45) is 5.73 Å². The number of nitrogen functional groups attached to an aromatic ring is 1. The van der Waals surface area contributed by atoms with Gasteiger partial charge < -0.3 is 16.4 Å². The molecule has 160 valence electrons. The van der Waals surface area contributed by atoms with Gasteiger partial charge >= 0.3 is 0 Å². The van der Waals surface area contributed by atoms with E-state index in [0.717, 1.165) is 43.0 Å². The molecular weight excluding hydrogens is 386 g/mol. The van der Waals surface area contributed by atoms with E-state index in [9.17, 15) is 0 Å². The smallest absolute Gasteiger partial charge is 0.132 e. The van der Waals surface area contributed by atoms with Gasteiger partial charge in [-0.2, -0.15) is 0 Å². The zero-order chi connectivity index (χ0) is 22.0. The first-order valence-corrected chi connectivity index (χ1v) is 10.7. The topological polar surface area (TPSA) is 118 Å². The minimum atomic E-state index is 0.150. The molecule has 0 amide bonds. The summed E-state index contributed by atoms with van der Waals surface area (Å²) >= 11 is 0. The molecule has 3 aromatic heterocycles. The molecule has 0 bridgehead atoms. The maximum atomic E-state index is 8.87. The van der Waals surface area contributed by atoms with Gasteiger partial charge in [0, 0.05) is 42.7 Å². The van der Waals surface area contributed by atoms with E-state index in [4.69, 9.17) is 21.9 Å². The van der Waals surface area contributed by atoms with Crippen LogP contribution in [0.1, 0.15) is 49.4 Å². The molecule has 1 aliphatic rings. The molecule has 0 saturated carbocycles. The molecule has 1 aliphatic heterocycles. The average molecular weight is 416 g/mol. The highest BCUT2D eigenvalue weighted by molar-refractivity contribution is 6.13. The van der Waals surface area contributed by atoms with Crippen molar-refractivity contribution >= 4 is 17.2 Å². The highest BCUT2D eigenvalue weighted by Crippen LogP contribution is 2.29. The fraction of sp³-hybridized carbons (Fsp3) is 0.333. The van der Waals surface area contributed by atoms with E-state index in [0.29, 0.717) is 22.9 Å². The lowest BCUT2D eigenvalue weighted by Gasteiger charge is -2.34. The number of aromatic nitrogens is 3. The number of nitrogens with two attached hydrogens (primary N) is 2. The number of piperidine rings is 1. The summed E-state index contributed by atoms with van der Waals surface area (Å²) in [6, 6.07) is 9.78. The Morgan fingerprint density at radius 3 is 2.77 bits per heavy atom. The summed E-state index contributed by atoms with van der Waals surface area (Å²) in [7, 11) is 0. The molecule has 0 spiro atoms. The van der Waals surface area contributed by atoms with Crippen LogP contribution in [0, 0.1) is 5.41 Å². The van der Waals surface area contributed by atoms with E-state index in [2.05, 4.69) is 34.8 Å². The van der Waals surface area contributed by atoms with Crippen LogP contribution < -0.4 is 16.4 Å². The van der Waals surface area contributed by atoms with Crippen LogP contribution in [0.15, 0.2) is 48.9 Å². The van der Waals surface area contributed by atoms with Gasteiger partial charge in [-0.05, 0) is 48.6 Å². The van der Waals surface area contributed by atoms with Gasteiger partial charge in [-0.15, -0.1) is 0 Å². The van der Waals surface area contributed by atoms with Crippen LogP contribution in [0.3, 0.4) is 0 Å². The minimum absolute atomic E-state index is 0.150. The number of nitrogens with one attached hydrogen (secondary N) is 1. The summed E-state index contributed by atoms with van der Waals surface area (Å²) in [5.41, 5.74) is 17.1. The maximum Gasteiger partial charge on any atom is 0.132 e. The third-order valence-corrected chi connectivity index (χ3v) is 5.70. The van der Waals surface area contributed by atoms with Gasteiger partial charge in [-0.25, -0.2) is 4.98 Å². The molecule has 7 heteroatoms. The summed E-state index contributed by atoms with van der Waals surface area (Å²) in [6.07, 6.45) is 7.15. The van der Waals surface area contributed by atoms with Crippen LogP contribution in [-0.2, 0) is 0 Å². The van der Waals surface area contributed by atoms with Crippen molar-refractivity contribution in [3.05, 3.63) is 65.7 Å². The molecule has 7 nitrogen and oxygen atoms in total. The first-order valence-electron chi connectivity index (χ1n) is 10.7. The van der Waals surface area contributed by atoms with E-state index < -0.39 is 0 Å². The maximum absolute atomic E-state index is 8.87. The van der Waals surface area contributed by atoms with Gasteiger partial charge in [0.15, 0.2) is 0 Å². The van der Waals surface area contributed by atoms with Crippen molar-refractivity contribution in [2.75, 3.05) is 23.7 Å². The molecular formula is C24H29N7. The van der Waals surface area contributed by atoms with Crippen molar-refractivity contribution in [1.82, 2.24) is 15.0 Å². The van der Waals surface area contributed by atoms with Crippen molar-refractivity contribution in [1.29, 1.82) is 5.41 Å². The highest BCUT2D eigenvalue weighted by Gasteiger charge is 2.23. The van der Waals surface area contributed by atoms with Gasteiger partial charge in [0.05, 0.1) is 29.0 Å². The molecule has 4 heterocycles. The van der Waals surface area contributed by atoms with Crippen molar-refractivity contribution in [2.45, 2.75) is 38.6 Å². The molecule has 1 fully saturated rings. The standard InChI is InChI=1S/C24H29N7/c1-15(2)18-7-8-21(30-24(18)31-10-4-6-17(25)14-31)23(27)19-11-22(29-13-20(19)26)16-5-3-9-28-12-16/h3,5,7-9,11-13,15,17,27H,4,6,10,14,25-26H2,1-2H3/t17-/m0/s1. The van der Waals surface area contributed by atoms with Gasteiger partial charge in [0.1, 0.15) is 5.82 Å². The third kappa shape index (κ3) is 4.41.